The summed E-state index contributed by atoms with van der Waals surface area (Å²) in [4.78, 5) is 2.27. The molecular formula is C22H27ClN4OS. The topological polar surface area (TPSA) is 54.2 Å². The molecule has 2 aromatic carbocycles. The predicted molar refractivity (Wildman–Crippen MR) is 120 cm³/mol. The van der Waals surface area contributed by atoms with Crippen molar-refractivity contribution in [3.63, 3.8) is 0 Å². The first-order valence-electron chi connectivity index (χ1n) is 9.76. The number of aliphatic hydroxyl groups is 1. The normalized spacial score (nSPS) is 12.4. The van der Waals surface area contributed by atoms with Crippen LogP contribution in [0, 0.1) is 0 Å². The monoisotopic (exact) mass is 430 g/mol. The molecule has 0 aliphatic heterocycles. The third-order valence-electron chi connectivity index (χ3n) is 4.67. The maximum absolute atomic E-state index is 9.09. The van der Waals surface area contributed by atoms with Crippen molar-refractivity contribution >= 4 is 23.4 Å². The number of aliphatic hydroxyl groups excluding tert-OH is 1. The van der Waals surface area contributed by atoms with Crippen LogP contribution in [0.5, 0.6) is 0 Å². The molecular weight excluding hydrogens is 404 g/mol. The molecule has 1 atom stereocenters. The Balaban J connectivity index is 1.79. The van der Waals surface area contributed by atoms with Gasteiger partial charge in [0.2, 0.25) is 0 Å². The van der Waals surface area contributed by atoms with Crippen LogP contribution in [0.3, 0.4) is 0 Å². The fraction of sp³-hybridized carbons (Fsp3) is 0.364. The van der Waals surface area contributed by atoms with Crippen LogP contribution >= 0.6 is 23.4 Å². The molecule has 3 rings (SSSR count). The lowest BCUT2D eigenvalue weighted by molar-refractivity contribution is 0.296. The fourth-order valence-electron chi connectivity index (χ4n) is 3.26. The molecule has 7 heteroatoms. The number of aromatic nitrogens is 3. The van der Waals surface area contributed by atoms with Gasteiger partial charge in [-0.15, -0.1) is 10.2 Å². The summed E-state index contributed by atoms with van der Waals surface area (Å²) in [6.45, 7) is 4.01. The van der Waals surface area contributed by atoms with E-state index in [4.69, 9.17) is 16.7 Å². The molecule has 5 nitrogen and oxygen atoms in total. The van der Waals surface area contributed by atoms with E-state index in [0.717, 1.165) is 35.4 Å². The van der Waals surface area contributed by atoms with Crippen LogP contribution in [0.2, 0.25) is 5.02 Å². The van der Waals surface area contributed by atoms with E-state index in [1.807, 2.05) is 30.3 Å². The lowest BCUT2D eigenvalue weighted by atomic mass is 10.0. The maximum atomic E-state index is 9.09. The van der Waals surface area contributed by atoms with Gasteiger partial charge in [0.15, 0.2) is 11.0 Å². The van der Waals surface area contributed by atoms with Crippen LogP contribution in [-0.4, -0.2) is 50.7 Å². The van der Waals surface area contributed by atoms with Crippen molar-refractivity contribution in [1.29, 1.82) is 0 Å². The second-order valence-electron chi connectivity index (χ2n) is 7.15. The summed E-state index contributed by atoms with van der Waals surface area (Å²) in [6.07, 6.45) is 0.719. The fourth-order valence-corrected chi connectivity index (χ4v) is 4.34. The van der Waals surface area contributed by atoms with E-state index in [-0.39, 0.29) is 6.61 Å². The van der Waals surface area contributed by atoms with Gasteiger partial charge in [-0.2, -0.15) is 0 Å². The summed E-state index contributed by atoms with van der Waals surface area (Å²) in [6, 6.07) is 18.3. The molecule has 0 saturated carbocycles. The van der Waals surface area contributed by atoms with Crippen molar-refractivity contribution in [3.8, 4) is 5.69 Å². The third-order valence-corrected chi connectivity index (χ3v) is 5.92. The number of rotatable bonds is 10. The average molecular weight is 431 g/mol. The zero-order chi connectivity index (χ0) is 20.6. The molecule has 3 aromatic rings. The van der Waals surface area contributed by atoms with Gasteiger partial charge in [0, 0.05) is 23.9 Å². The van der Waals surface area contributed by atoms with E-state index < -0.39 is 0 Å². The van der Waals surface area contributed by atoms with E-state index in [0.29, 0.717) is 17.5 Å². The van der Waals surface area contributed by atoms with Crippen LogP contribution in [0.1, 0.15) is 30.7 Å². The Morgan fingerprint density at radius 3 is 2.66 bits per heavy atom. The van der Waals surface area contributed by atoms with Crippen molar-refractivity contribution in [2.45, 2.75) is 31.0 Å². The molecule has 0 radical (unpaired) electrons. The summed E-state index contributed by atoms with van der Waals surface area (Å²) in [5, 5.41) is 19.5. The summed E-state index contributed by atoms with van der Waals surface area (Å²) < 4.78 is 2.07. The lowest BCUT2D eigenvalue weighted by Gasteiger charge is -2.21. The van der Waals surface area contributed by atoms with Crippen LogP contribution in [0.25, 0.3) is 5.69 Å². The smallest absolute Gasteiger partial charge is 0.195 e. The minimum absolute atomic E-state index is 0.172. The van der Waals surface area contributed by atoms with Crippen LogP contribution < -0.4 is 0 Å². The van der Waals surface area contributed by atoms with Crippen molar-refractivity contribution in [3.05, 3.63) is 71.0 Å². The quantitative estimate of drug-likeness (QED) is 0.375. The Bertz CT molecular complexity index is 903. The summed E-state index contributed by atoms with van der Waals surface area (Å²) >= 11 is 7.83. The van der Waals surface area contributed by atoms with E-state index in [9.17, 15) is 0 Å². The maximum Gasteiger partial charge on any atom is 0.195 e. The number of likely N-dealkylation sites (N-methyl/N-ethyl adjacent to an activating group) is 1. The van der Waals surface area contributed by atoms with Crippen molar-refractivity contribution < 1.29 is 5.11 Å². The van der Waals surface area contributed by atoms with Crippen LogP contribution in [-0.2, 0) is 6.54 Å². The average Bonchev–Trinajstić information content (AvgIpc) is 3.11. The first-order chi connectivity index (χ1) is 14.1. The number of hydrogen-bond acceptors (Lipinski definition) is 5. The zero-order valence-corrected chi connectivity index (χ0v) is 18.4. The van der Waals surface area contributed by atoms with E-state index >= 15 is 0 Å². The highest BCUT2D eigenvalue weighted by molar-refractivity contribution is 7.99. The van der Waals surface area contributed by atoms with E-state index in [2.05, 4.69) is 57.9 Å². The van der Waals surface area contributed by atoms with Gasteiger partial charge in [-0.1, -0.05) is 66.7 Å². The number of benzene rings is 2. The molecule has 0 unspecified atom stereocenters. The number of halogens is 1. The van der Waals surface area contributed by atoms with E-state index in [1.54, 1.807) is 11.8 Å². The molecule has 1 aromatic heterocycles. The van der Waals surface area contributed by atoms with Gasteiger partial charge in [0.1, 0.15) is 0 Å². The van der Waals surface area contributed by atoms with Crippen molar-refractivity contribution in [2.24, 2.45) is 0 Å². The Morgan fingerprint density at radius 1 is 1.14 bits per heavy atom. The van der Waals surface area contributed by atoms with Gasteiger partial charge in [-0.25, -0.2) is 0 Å². The number of nitrogens with zero attached hydrogens (tertiary/aromatic N) is 4. The molecule has 0 aliphatic carbocycles. The van der Waals surface area contributed by atoms with Gasteiger partial charge in [0.05, 0.1) is 12.2 Å². The van der Waals surface area contributed by atoms with Gasteiger partial charge < -0.3 is 5.11 Å². The molecule has 0 aliphatic rings. The Morgan fingerprint density at radius 2 is 1.93 bits per heavy atom. The molecule has 0 fully saturated rings. The molecule has 0 saturated heterocycles. The molecule has 154 valence electrons. The minimum atomic E-state index is 0.172. The van der Waals surface area contributed by atoms with Gasteiger partial charge in [-0.3, -0.25) is 9.47 Å². The summed E-state index contributed by atoms with van der Waals surface area (Å²) in [5.41, 5.74) is 2.28. The molecule has 1 N–H and O–H groups in total. The first kappa shape index (κ1) is 21.8. The molecule has 0 amide bonds. The minimum Gasteiger partial charge on any atom is -0.396 e. The van der Waals surface area contributed by atoms with Gasteiger partial charge >= 0.3 is 0 Å². The SMILES string of the molecule is C[C@H](CN(C)Cc1nnc(SCCCO)n1-c1cccc(Cl)c1)c1ccccc1. The van der Waals surface area contributed by atoms with E-state index in [1.165, 1.54) is 5.56 Å². The molecule has 1 heterocycles. The van der Waals surface area contributed by atoms with Gasteiger partial charge in [0.25, 0.3) is 0 Å². The highest BCUT2D eigenvalue weighted by Crippen LogP contribution is 2.25. The highest BCUT2D eigenvalue weighted by atomic mass is 35.5. The van der Waals surface area contributed by atoms with Crippen molar-refractivity contribution in [2.75, 3.05) is 26.0 Å². The number of thioether (sulfide) groups is 1. The predicted octanol–water partition coefficient (Wildman–Crippen LogP) is 4.63. The third kappa shape index (κ3) is 6.06. The highest BCUT2D eigenvalue weighted by Gasteiger charge is 2.17. The van der Waals surface area contributed by atoms with Crippen molar-refractivity contribution in [1.82, 2.24) is 19.7 Å². The van der Waals surface area contributed by atoms with Crippen LogP contribution in [0.15, 0.2) is 59.8 Å². The molecule has 29 heavy (non-hydrogen) atoms. The lowest BCUT2D eigenvalue weighted by Crippen LogP contribution is -2.25. The second kappa shape index (κ2) is 10.8. The molecule has 0 spiro atoms. The summed E-state index contributed by atoms with van der Waals surface area (Å²) in [5.74, 6) is 2.08. The first-order valence-corrected chi connectivity index (χ1v) is 11.1. The Hall–Kier alpha value is -1.86. The van der Waals surface area contributed by atoms with Crippen LogP contribution in [0.4, 0.5) is 0 Å². The largest absolute Gasteiger partial charge is 0.396 e. The zero-order valence-electron chi connectivity index (χ0n) is 16.8. The standard InChI is InChI=1S/C22H27ClN4OS/c1-17(18-8-4-3-5-9-18)15-26(2)16-21-24-25-22(29-13-7-12-28)27(21)20-11-6-10-19(23)14-20/h3-6,8-11,14,17,28H,7,12-13,15-16H2,1-2H3/t17-/m1/s1. The summed E-state index contributed by atoms with van der Waals surface area (Å²) in [7, 11) is 2.11. The number of hydrogen-bond donors (Lipinski definition) is 1. The Kier molecular flexibility index (Phi) is 8.12. The Labute approximate surface area is 181 Å². The second-order valence-corrected chi connectivity index (χ2v) is 8.65. The van der Waals surface area contributed by atoms with Gasteiger partial charge in [-0.05, 0) is 43.1 Å². The molecule has 0 bridgehead atoms.